The molecule has 0 aliphatic rings. The first kappa shape index (κ1) is 20.0. The molecule has 0 unspecified atom stereocenters. The zero-order chi connectivity index (χ0) is 20.1. The van der Waals surface area contributed by atoms with Crippen LogP contribution in [0.4, 0.5) is 15.2 Å². The molecule has 0 radical (unpaired) electrons. The number of ether oxygens (including phenoxy) is 1. The molecule has 1 heterocycles. The van der Waals surface area contributed by atoms with Crippen molar-refractivity contribution in [3.8, 4) is 17.0 Å². The molecule has 0 fully saturated rings. The van der Waals surface area contributed by atoms with Crippen molar-refractivity contribution in [1.82, 2.24) is 4.98 Å². The van der Waals surface area contributed by atoms with Gasteiger partial charge in [0.1, 0.15) is 0 Å². The molecule has 6 nitrogen and oxygen atoms in total. The summed E-state index contributed by atoms with van der Waals surface area (Å²) < 4.78 is 19.5. The summed E-state index contributed by atoms with van der Waals surface area (Å²) in [7, 11) is 0. The average Bonchev–Trinajstić information content (AvgIpc) is 3.09. The lowest BCUT2D eigenvalue weighted by molar-refractivity contribution is -0.118. The molecule has 2 amide bonds. The second kappa shape index (κ2) is 8.94. The number of amides is 2. The van der Waals surface area contributed by atoms with E-state index >= 15 is 0 Å². The highest BCUT2D eigenvalue weighted by Crippen LogP contribution is 2.26. The van der Waals surface area contributed by atoms with Gasteiger partial charge in [0.25, 0.3) is 5.91 Å². The number of hydrogen-bond acceptors (Lipinski definition) is 5. The van der Waals surface area contributed by atoms with E-state index in [1.807, 2.05) is 12.1 Å². The van der Waals surface area contributed by atoms with E-state index in [1.54, 1.807) is 23.6 Å². The molecule has 0 spiro atoms. The lowest BCUT2D eigenvalue weighted by Crippen LogP contribution is -2.20. The van der Waals surface area contributed by atoms with Crippen molar-refractivity contribution < 1.29 is 18.7 Å². The van der Waals surface area contributed by atoms with Crippen LogP contribution in [0, 0.1) is 5.82 Å². The fourth-order valence-electron chi connectivity index (χ4n) is 2.28. The third-order valence-electron chi connectivity index (χ3n) is 3.50. The Bertz CT molecular complexity index is 1010. The molecule has 0 saturated carbocycles. The molecular weight excluding hydrogens is 449 g/mol. The Morgan fingerprint density at radius 3 is 2.61 bits per heavy atom. The summed E-state index contributed by atoms with van der Waals surface area (Å²) >= 11 is 4.42. The smallest absolute Gasteiger partial charge is 0.264 e. The van der Waals surface area contributed by atoms with Gasteiger partial charge in [-0.2, -0.15) is 0 Å². The summed E-state index contributed by atoms with van der Waals surface area (Å²) in [6.45, 7) is 1.11. The Labute approximate surface area is 172 Å². The van der Waals surface area contributed by atoms with Gasteiger partial charge in [-0.3, -0.25) is 14.9 Å². The van der Waals surface area contributed by atoms with Crippen molar-refractivity contribution in [2.24, 2.45) is 0 Å². The Morgan fingerprint density at radius 1 is 1.18 bits per heavy atom. The first-order valence-electron chi connectivity index (χ1n) is 8.12. The Kier molecular flexibility index (Phi) is 6.37. The predicted octanol–water partition coefficient (Wildman–Crippen LogP) is 4.69. The van der Waals surface area contributed by atoms with Crippen LogP contribution in [0.25, 0.3) is 11.3 Å². The number of thiazole rings is 1. The molecule has 0 aliphatic heterocycles. The van der Waals surface area contributed by atoms with Gasteiger partial charge in [0, 0.05) is 28.0 Å². The van der Waals surface area contributed by atoms with Gasteiger partial charge in [-0.1, -0.05) is 28.1 Å². The lowest BCUT2D eigenvalue weighted by atomic mass is 10.1. The molecule has 0 saturated heterocycles. The van der Waals surface area contributed by atoms with Crippen LogP contribution in [0.3, 0.4) is 0 Å². The summed E-state index contributed by atoms with van der Waals surface area (Å²) in [5.41, 5.74) is 2.23. The van der Waals surface area contributed by atoms with E-state index in [4.69, 9.17) is 4.74 Å². The fourth-order valence-corrected chi connectivity index (χ4v) is 3.35. The normalized spacial score (nSPS) is 10.4. The molecule has 1 aromatic heterocycles. The largest absolute Gasteiger partial charge is 0.481 e. The Balaban J connectivity index is 1.57. The quantitative estimate of drug-likeness (QED) is 0.555. The molecular formula is C19H15BrFN3O3S. The highest BCUT2D eigenvalue weighted by atomic mass is 79.9. The molecule has 0 atom stereocenters. The van der Waals surface area contributed by atoms with E-state index in [9.17, 15) is 14.0 Å². The number of aromatic nitrogens is 1. The zero-order valence-electron chi connectivity index (χ0n) is 14.7. The van der Waals surface area contributed by atoms with Crippen molar-refractivity contribution >= 4 is 49.9 Å². The molecule has 3 aromatic rings. The Morgan fingerprint density at radius 2 is 1.93 bits per heavy atom. The van der Waals surface area contributed by atoms with Gasteiger partial charge in [0.05, 0.1) is 5.69 Å². The van der Waals surface area contributed by atoms with Gasteiger partial charge in [0.15, 0.2) is 23.3 Å². The van der Waals surface area contributed by atoms with Crippen molar-refractivity contribution in [2.75, 3.05) is 17.2 Å². The summed E-state index contributed by atoms with van der Waals surface area (Å²) in [6, 6.07) is 11.5. The van der Waals surface area contributed by atoms with E-state index in [0.717, 1.165) is 5.56 Å². The van der Waals surface area contributed by atoms with Crippen LogP contribution >= 0.6 is 27.3 Å². The van der Waals surface area contributed by atoms with E-state index in [0.29, 0.717) is 21.0 Å². The number of carbonyl (C=O) groups excluding carboxylic acids is 2. The summed E-state index contributed by atoms with van der Waals surface area (Å²) in [5, 5.41) is 7.53. The SMILES string of the molecule is CC(=O)Nc1ccc(-c2csc(NC(=O)COc3ccc(Br)cc3F)n2)cc1. The zero-order valence-corrected chi connectivity index (χ0v) is 17.1. The third kappa shape index (κ3) is 5.37. The van der Waals surface area contributed by atoms with Gasteiger partial charge in [-0.15, -0.1) is 11.3 Å². The minimum atomic E-state index is -0.554. The number of nitrogens with one attached hydrogen (secondary N) is 2. The van der Waals surface area contributed by atoms with Gasteiger partial charge in [-0.25, -0.2) is 9.37 Å². The lowest BCUT2D eigenvalue weighted by Gasteiger charge is -2.07. The second-order valence-corrected chi connectivity index (χ2v) is 7.48. The van der Waals surface area contributed by atoms with E-state index in [-0.39, 0.29) is 18.3 Å². The van der Waals surface area contributed by atoms with Crippen molar-refractivity contribution in [1.29, 1.82) is 0 Å². The minimum absolute atomic E-state index is 0.00237. The molecule has 0 bridgehead atoms. The molecule has 2 aromatic carbocycles. The van der Waals surface area contributed by atoms with Crippen LogP contribution in [-0.2, 0) is 9.59 Å². The minimum Gasteiger partial charge on any atom is -0.481 e. The van der Waals surface area contributed by atoms with Crippen LogP contribution in [-0.4, -0.2) is 23.4 Å². The van der Waals surface area contributed by atoms with Crippen LogP contribution in [0.2, 0.25) is 0 Å². The molecule has 28 heavy (non-hydrogen) atoms. The number of rotatable bonds is 6. The average molecular weight is 464 g/mol. The van der Waals surface area contributed by atoms with Gasteiger partial charge in [0.2, 0.25) is 5.91 Å². The first-order valence-corrected chi connectivity index (χ1v) is 9.79. The topological polar surface area (TPSA) is 80.3 Å². The van der Waals surface area contributed by atoms with Crippen molar-refractivity contribution in [3.63, 3.8) is 0 Å². The van der Waals surface area contributed by atoms with E-state index < -0.39 is 11.7 Å². The molecule has 144 valence electrons. The van der Waals surface area contributed by atoms with Crippen molar-refractivity contribution in [2.45, 2.75) is 6.92 Å². The molecule has 3 rings (SSSR count). The van der Waals surface area contributed by atoms with Crippen LogP contribution in [0.5, 0.6) is 5.75 Å². The number of halogens is 2. The Hall–Kier alpha value is -2.78. The predicted molar refractivity (Wildman–Crippen MR) is 110 cm³/mol. The number of benzene rings is 2. The van der Waals surface area contributed by atoms with Gasteiger partial charge >= 0.3 is 0 Å². The maximum Gasteiger partial charge on any atom is 0.264 e. The molecule has 0 aliphatic carbocycles. The van der Waals surface area contributed by atoms with Crippen LogP contribution in [0.15, 0.2) is 52.3 Å². The number of carbonyl (C=O) groups is 2. The highest BCUT2D eigenvalue weighted by molar-refractivity contribution is 9.10. The van der Waals surface area contributed by atoms with Crippen LogP contribution in [0.1, 0.15) is 6.92 Å². The highest BCUT2D eigenvalue weighted by Gasteiger charge is 2.11. The van der Waals surface area contributed by atoms with Crippen LogP contribution < -0.4 is 15.4 Å². The third-order valence-corrected chi connectivity index (χ3v) is 4.76. The number of hydrogen-bond donors (Lipinski definition) is 2. The maximum atomic E-state index is 13.7. The number of nitrogens with zero attached hydrogens (tertiary/aromatic N) is 1. The van der Waals surface area contributed by atoms with E-state index in [1.165, 1.54) is 30.4 Å². The monoisotopic (exact) mass is 463 g/mol. The first-order chi connectivity index (χ1) is 13.4. The van der Waals surface area contributed by atoms with Gasteiger partial charge < -0.3 is 10.1 Å². The molecule has 9 heteroatoms. The summed E-state index contributed by atoms with van der Waals surface area (Å²) in [5.74, 6) is -1.14. The number of anilines is 2. The van der Waals surface area contributed by atoms with E-state index in [2.05, 4.69) is 31.5 Å². The second-order valence-electron chi connectivity index (χ2n) is 5.71. The maximum absolute atomic E-state index is 13.7. The summed E-state index contributed by atoms with van der Waals surface area (Å²) in [6.07, 6.45) is 0. The standard InChI is InChI=1S/C19H15BrFN3O3S/c1-11(25)22-14-5-2-12(3-6-14)16-10-28-19(23-16)24-18(26)9-27-17-7-4-13(20)8-15(17)21/h2-8,10H,9H2,1H3,(H,22,25)(H,23,24,26). The fraction of sp³-hybridized carbons (Fsp3) is 0.105. The van der Waals surface area contributed by atoms with Gasteiger partial charge in [-0.05, 0) is 30.3 Å². The van der Waals surface area contributed by atoms with Crippen molar-refractivity contribution in [3.05, 3.63) is 58.1 Å². The molecule has 2 N–H and O–H groups in total. The summed E-state index contributed by atoms with van der Waals surface area (Å²) in [4.78, 5) is 27.4.